The first kappa shape index (κ1) is 15.9. The maximum Gasteiger partial charge on any atom is 0.200 e. The number of hydrogen-bond acceptors (Lipinski definition) is 5. The average molecular weight is 338 g/mol. The molecule has 3 aromatic rings. The molecule has 2 N–H and O–H groups in total. The number of rotatable bonds is 1. The van der Waals surface area contributed by atoms with Crippen molar-refractivity contribution in [1.82, 2.24) is 0 Å². The topological polar surface area (TPSA) is 79.9 Å². The standard InChI is InChI=1S/C20H18O5/c1-20(2)19(23)17(22)15-14(25-20)9-8-12-16(21)13(10-24-18(12)15)11-6-4-3-5-7-11/h3-10,17,19,22-23H,1-2H3/t17-,19-/m1/s1. The minimum absolute atomic E-state index is 0.193. The van der Waals surface area contributed by atoms with Crippen LogP contribution in [0.5, 0.6) is 5.75 Å². The van der Waals surface area contributed by atoms with Crippen molar-refractivity contribution < 1.29 is 19.4 Å². The predicted octanol–water partition coefficient (Wildman–Crippen LogP) is 3.03. The second-order valence-corrected chi connectivity index (χ2v) is 6.79. The number of aliphatic hydroxyl groups is 2. The van der Waals surface area contributed by atoms with Gasteiger partial charge in [0.05, 0.1) is 16.5 Å². The minimum Gasteiger partial charge on any atom is -0.485 e. The van der Waals surface area contributed by atoms with Crippen molar-refractivity contribution in [2.75, 3.05) is 0 Å². The quantitative estimate of drug-likeness (QED) is 0.713. The molecule has 0 fully saturated rings. The Labute approximate surface area is 144 Å². The van der Waals surface area contributed by atoms with Gasteiger partial charge in [0, 0.05) is 0 Å². The van der Waals surface area contributed by atoms with Crippen molar-refractivity contribution in [2.24, 2.45) is 0 Å². The number of hydrogen-bond donors (Lipinski definition) is 2. The molecule has 0 saturated heterocycles. The van der Waals surface area contributed by atoms with E-state index in [0.29, 0.717) is 22.3 Å². The summed E-state index contributed by atoms with van der Waals surface area (Å²) in [4.78, 5) is 12.9. The van der Waals surface area contributed by atoms with Crippen LogP contribution in [0.25, 0.3) is 22.1 Å². The van der Waals surface area contributed by atoms with Gasteiger partial charge in [-0.25, -0.2) is 0 Å². The fourth-order valence-corrected chi connectivity index (χ4v) is 3.27. The van der Waals surface area contributed by atoms with E-state index in [4.69, 9.17) is 9.15 Å². The van der Waals surface area contributed by atoms with Gasteiger partial charge >= 0.3 is 0 Å². The summed E-state index contributed by atoms with van der Waals surface area (Å²) in [6, 6.07) is 12.5. The Bertz CT molecular complexity index is 1000. The zero-order valence-corrected chi connectivity index (χ0v) is 13.9. The maximum absolute atomic E-state index is 12.9. The van der Waals surface area contributed by atoms with Crippen molar-refractivity contribution in [3.8, 4) is 16.9 Å². The van der Waals surface area contributed by atoms with Crippen LogP contribution < -0.4 is 10.2 Å². The van der Waals surface area contributed by atoms with E-state index in [2.05, 4.69) is 0 Å². The highest BCUT2D eigenvalue weighted by Gasteiger charge is 2.43. The maximum atomic E-state index is 12.9. The fraction of sp³-hybridized carbons (Fsp3) is 0.250. The van der Waals surface area contributed by atoms with Gasteiger partial charge in [0.25, 0.3) is 0 Å². The zero-order chi connectivity index (χ0) is 17.8. The Morgan fingerprint density at radius 2 is 1.76 bits per heavy atom. The highest BCUT2D eigenvalue weighted by atomic mass is 16.5. The average Bonchev–Trinajstić information content (AvgIpc) is 2.60. The van der Waals surface area contributed by atoms with Gasteiger partial charge in [-0.3, -0.25) is 4.79 Å². The summed E-state index contributed by atoms with van der Waals surface area (Å²) in [5.41, 5.74) is 0.616. The van der Waals surface area contributed by atoms with E-state index in [1.54, 1.807) is 26.0 Å². The highest BCUT2D eigenvalue weighted by molar-refractivity contribution is 5.86. The second-order valence-electron chi connectivity index (χ2n) is 6.79. The van der Waals surface area contributed by atoms with Gasteiger partial charge in [0.1, 0.15) is 35.4 Å². The van der Waals surface area contributed by atoms with Crippen molar-refractivity contribution in [3.05, 3.63) is 64.5 Å². The Morgan fingerprint density at radius 3 is 2.48 bits per heavy atom. The first-order chi connectivity index (χ1) is 11.9. The van der Waals surface area contributed by atoms with Crippen LogP contribution in [0, 0.1) is 0 Å². The summed E-state index contributed by atoms with van der Waals surface area (Å²) in [5, 5.41) is 21.2. The van der Waals surface area contributed by atoms with E-state index >= 15 is 0 Å². The van der Waals surface area contributed by atoms with Gasteiger partial charge in [0.2, 0.25) is 5.43 Å². The molecule has 5 nitrogen and oxygen atoms in total. The van der Waals surface area contributed by atoms with Crippen LogP contribution in [0.3, 0.4) is 0 Å². The van der Waals surface area contributed by atoms with Crippen molar-refractivity contribution in [2.45, 2.75) is 31.7 Å². The fourth-order valence-electron chi connectivity index (χ4n) is 3.27. The van der Waals surface area contributed by atoms with E-state index in [-0.39, 0.29) is 11.0 Å². The van der Waals surface area contributed by atoms with Crippen LogP contribution in [0.4, 0.5) is 0 Å². The lowest BCUT2D eigenvalue weighted by Gasteiger charge is -2.39. The zero-order valence-electron chi connectivity index (χ0n) is 13.9. The third kappa shape index (κ3) is 2.35. The van der Waals surface area contributed by atoms with Crippen LogP contribution in [0.15, 0.2) is 57.9 Å². The van der Waals surface area contributed by atoms with E-state index in [9.17, 15) is 15.0 Å². The lowest BCUT2D eigenvalue weighted by molar-refractivity contribution is -0.111. The van der Waals surface area contributed by atoms with Crippen LogP contribution in [-0.2, 0) is 0 Å². The molecule has 0 spiro atoms. The molecule has 0 saturated carbocycles. The molecule has 0 aliphatic carbocycles. The molecule has 0 radical (unpaired) electrons. The molecule has 1 aliphatic heterocycles. The Hall–Kier alpha value is -2.63. The SMILES string of the molecule is CC1(C)Oc2ccc3c(=O)c(-c4ccccc4)coc3c2[C@@H](O)[C@H]1O. The molecule has 2 heterocycles. The van der Waals surface area contributed by atoms with Gasteiger partial charge in [-0.15, -0.1) is 0 Å². The van der Waals surface area contributed by atoms with Crippen LogP contribution in [0.1, 0.15) is 25.5 Å². The monoisotopic (exact) mass is 338 g/mol. The van der Waals surface area contributed by atoms with E-state index < -0.39 is 17.8 Å². The summed E-state index contributed by atoms with van der Waals surface area (Å²) >= 11 is 0. The number of fused-ring (bicyclic) bond motifs is 3. The van der Waals surface area contributed by atoms with Crippen molar-refractivity contribution in [3.63, 3.8) is 0 Å². The molecular weight excluding hydrogens is 320 g/mol. The molecule has 2 aromatic carbocycles. The van der Waals surface area contributed by atoms with Gasteiger partial charge in [-0.2, -0.15) is 0 Å². The molecule has 25 heavy (non-hydrogen) atoms. The van der Waals surface area contributed by atoms with Gasteiger partial charge in [-0.05, 0) is 31.5 Å². The predicted molar refractivity (Wildman–Crippen MR) is 93.6 cm³/mol. The third-order valence-corrected chi connectivity index (χ3v) is 4.70. The Balaban J connectivity index is 1.97. The number of ether oxygens (including phenoxy) is 1. The molecule has 0 amide bonds. The van der Waals surface area contributed by atoms with Gasteiger partial charge < -0.3 is 19.4 Å². The van der Waals surface area contributed by atoms with Crippen molar-refractivity contribution in [1.29, 1.82) is 0 Å². The minimum atomic E-state index is -1.20. The normalized spacial score (nSPS) is 21.6. The van der Waals surface area contributed by atoms with Gasteiger partial charge in [0.15, 0.2) is 0 Å². The van der Waals surface area contributed by atoms with Crippen molar-refractivity contribution >= 4 is 11.0 Å². The summed E-state index contributed by atoms with van der Waals surface area (Å²) in [6.07, 6.45) is -0.947. The highest BCUT2D eigenvalue weighted by Crippen LogP contribution is 2.43. The van der Waals surface area contributed by atoms with Crippen LogP contribution in [-0.4, -0.2) is 21.9 Å². The molecule has 4 rings (SSSR count). The van der Waals surface area contributed by atoms with E-state index in [1.165, 1.54) is 6.26 Å². The molecule has 1 aromatic heterocycles. The lowest BCUT2D eigenvalue weighted by atomic mass is 9.87. The second kappa shape index (κ2) is 5.44. The summed E-state index contributed by atoms with van der Waals surface area (Å²) < 4.78 is 11.5. The first-order valence-electron chi connectivity index (χ1n) is 8.09. The van der Waals surface area contributed by atoms with E-state index in [0.717, 1.165) is 5.56 Å². The lowest BCUT2D eigenvalue weighted by Crippen LogP contribution is -2.48. The molecule has 128 valence electrons. The largest absolute Gasteiger partial charge is 0.485 e. The molecule has 0 unspecified atom stereocenters. The van der Waals surface area contributed by atoms with E-state index in [1.807, 2.05) is 30.3 Å². The number of benzene rings is 2. The Morgan fingerprint density at radius 1 is 1.04 bits per heavy atom. The first-order valence-corrected chi connectivity index (χ1v) is 8.09. The summed E-state index contributed by atoms with van der Waals surface area (Å²) in [5.74, 6) is 0.408. The van der Waals surface area contributed by atoms with Gasteiger partial charge in [-0.1, -0.05) is 30.3 Å². The summed E-state index contributed by atoms with van der Waals surface area (Å²) in [6.45, 7) is 3.39. The van der Waals surface area contributed by atoms with Crippen LogP contribution in [0.2, 0.25) is 0 Å². The molecular formula is C20H18O5. The molecule has 0 bridgehead atoms. The third-order valence-electron chi connectivity index (χ3n) is 4.70. The molecule has 5 heteroatoms. The number of aliphatic hydroxyl groups excluding tert-OH is 2. The molecule has 2 atom stereocenters. The molecule has 1 aliphatic rings. The summed E-state index contributed by atoms with van der Waals surface area (Å²) in [7, 11) is 0. The smallest absolute Gasteiger partial charge is 0.200 e. The Kier molecular flexibility index (Phi) is 3.45. The van der Waals surface area contributed by atoms with Crippen LogP contribution >= 0.6 is 0 Å².